The van der Waals surface area contributed by atoms with Crippen molar-refractivity contribution in [1.29, 1.82) is 0 Å². The summed E-state index contributed by atoms with van der Waals surface area (Å²) in [5.74, 6) is 1.05. The minimum Gasteiger partial charge on any atom is -0.378 e. The molecule has 2 heterocycles. The lowest BCUT2D eigenvalue weighted by Crippen LogP contribution is -2.54. The van der Waals surface area contributed by atoms with Gasteiger partial charge in [-0.05, 0) is 25.2 Å². The van der Waals surface area contributed by atoms with Crippen LogP contribution >= 0.6 is 0 Å². The minimum absolute atomic E-state index is 0.0931. The van der Waals surface area contributed by atoms with Crippen molar-refractivity contribution >= 4 is 5.91 Å². The summed E-state index contributed by atoms with van der Waals surface area (Å²) in [5.41, 5.74) is 0. The fourth-order valence-electron chi connectivity index (χ4n) is 3.60. The van der Waals surface area contributed by atoms with Crippen LogP contribution in [0.15, 0.2) is 0 Å². The molecule has 3 rings (SSSR count). The average Bonchev–Trinajstić information content (AvgIpc) is 2.83. The first kappa shape index (κ1) is 11.5. The highest BCUT2D eigenvalue weighted by Crippen LogP contribution is 2.36. The smallest absolute Gasteiger partial charge is 0.242 e. The van der Waals surface area contributed by atoms with Gasteiger partial charge in [0, 0.05) is 19.1 Å². The summed E-state index contributed by atoms with van der Waals surface area (Å²) >= 11 is 0. The summed E-state index contributed by atoms with van der Waals surface area (Å²) in [5, 5.41) is 3.28. The molecule has 0 spiro atoms. The van der Waals surface area contributed by atoms with E-state index >= 15 is 0 Å². The molecule has 3 fully saturated rings. The molecule has 3 aliphatic rings. The van der Waals surface area contributed by atoms with Crippen LogP contribution < -0.4 is 5.32 Å². The molecule has 3 atom stereocenters. The zero-order chi connectivity index (χ0) is 11.7. The van der Waals surface area contributed by atoms with Gasteiger partial charge < -0.3 is 15.0 Å². The molecule has 2 saturated heterocycles. The third-order valence-electron chi connectivity index (χ3n) is 4.51. The maximum atomic E-state index is 12.4. The molecule has 2 aliphatic heterocycles. The Morgan fingerprint density at radius 3 is 2.94 bits per heavy atom. The van der Waals surface area contributed by atoms with E-state index in [2.05, 4.69) is 10.2 Å². The summed E-state index contributed by atoms with van der Waals surface area (Å²) < 4.78 is 5.39. The topological polar surface area (TPSA) is 41.6 Å². The van der Waals surface area contributed by atoms with Gasteiger partial charge in [0.15, 0.2) is 0 Å². The van der Waals surface area contributed by atoms with Crippen molar-refractivity contribution in [2.24, 2.45) is 5.92 Å². The van der Waals surface area contributed by atoms with Gasteiger partial charge in [-0.25, -0.2) is 0 Å². The van der Waals surface area contributed by atoms with Crippen LogP contribution in [0.25, 0.3) is 0 Å². The van der Waals surface area contributed by atoms with Crippen LogP contribution in [0.3, 0.4) is 0 Å². The number of rotatable bonds is 1. The number of hydrogen-bond donors (Lipinski definition) is 1. The fraction of sp³-hybridized carbons (Fsp3) is 0.923. The Morgan fingerprint density at radius 2 is 2.12 bits per heavy atom. The van der Waals surface area contributed by atoms with Crippen LogP contribution in [-0.4, -0.2) is 49.2 Å². The van der Waals surface area contributed by atoms with E-state index in [-0.39, 0.29) is 11.9 Å². The monoisotopic (exact) mass is 238 g/mol. The quantitative estimate of drug-likeness (QED) is 0.733. The predicted octanol–water partition coefficient (Wildman–Crippen LogP) is 0.766. The van der Waals surface area contributed by atoms with Gasteiger partial charge in [-0.15, -0.1) is 0 Å². The van der Waals surface area contributed by atoms with E-state index < -0.39 is 0 Å². The van der Waals surface area contributed by atoms with Crippen LogP contribution in [-0.2, 0) is 9.53 Å². The number of carbonyl (C=O) groups excluding carboxylic acids is 1. The molecule has 0 bridgehead atoms. The third kappa shape index (κ3) is 2.20. The first-order valence-electron chi connectivity index (χ1n) is 6.98. The van der Waals surface area contributed by atoms with Gasteiger partial charge in [-0.3, -0.25) is 4.79 Å². The minimum atomic E-state index is -0.0931. The Morgan fingerprint density at radius 1 is 1.24 bits per heavy atom. The van der Waals surface area contributed by atoms with Crippen molar-refractivity contribution in [3.05, 3.63) is 0 Å². The van der Waals surface area contributed by atoms with E-state index in [1.807, 2.05) is 0 Å². The van der Waals surface area contributed by atoms with Gasteiger partial charge in [0.1, 0.15) is 6.04 Å². The SMILES string of the molecule is O=C(C1COCCN1)N1CCC2CCCCC21. The second kappa shape index (κ2) is 4.94. The molecule has 17 heavy (non-hydrogen) atoms. The number of amides is 1. The summed E-state index contributed by atoms with van der Waals surface area (Å²) in [7, 11) is 0. The lowest BCUT2D eigenvalue weighted by Gasteiger charge is -2.34. The number of ether oxygens (including phenoxy) is 1. The van der Waals surface area contributed by atoms with E-state index in [1.54, 1.807) is 0 Å². The Kier molecular flexibility index (Phi) is 3.34. The van der Waals surface area contributed by atoms with Crippen LogP contribution in [0.2, 0.25) is 0 Å². The van der Waals surface area contributed by atoms with Gasteiger partial charge in [-0.1, -0.05) is 12.8 Å². The van der Waals surface area contributed by atoms with E-state index in [0.717, 1.165) is 25.6 Å². The van der Waals surface area contributed by atoms with Gasteiger partial charge in [0.05, 0.1) is 13.2 Å². The highest BCUT2D eigenvalue weighted by molar-refractivity contribution is 5.82. The van der Waals surface area contributed by atoms with Crippen molar-refractivity contribution in [2.45, 2.75) is 44.2 Å². The first-order chi connectivity index (χ1) is 8.36. The number of hydrogen-bond acceptors (Lipinski definition) is 3. The molecule has 4 heteroatoms. The molecule has 1 N–H and O–H groups in total. The Labute approximate surface area is 103 Å². The normalized spacial score (nSPS) is 37.9. The van der Waals surface area contributed by atoms with Gasteiger partial charge in [0.2, 0.25) is 5.91 Å². The number of nitrogens with one attached hydrogen (secondary N) is 1. The zero-order valence-corrected chi connectivity index (χ0v) is 10.4. The second-order valence-corrected chi connectivity index (χ2v) is 5.51. The predicted molar refractivity (Wildman–Crippen MR) is 64.7 cm³/mol. The van der Waals surface area contributed by atoms with E-state index in [0.29, 0.717) is 12.6 Å². The molecule has 1 saturated carbocycles. The molecule has 0 radical (unpaired) electrons. The molecule has 1 aliphatic carbocycles. The maximum absolute atomic E-state index is 12.4. The van der Waals surface area contributed by atoms with Crippen LogP contribution in [0.4, 0.5) is 0 Å². The van der Waals surface area contributed by atoms with Crippen LogP contribution in [0, 0.1) is 5.92 Å². The number of fused-ring (bicyclic) bond motifs is 1. The molecule has 1 amide bonds. The molecule has 0 aromatic heterocycles. The Balaban J connectivity index is 1.65. The van der Waals surface area contributed by atoms with E-state index in [4.69, 9.17) is 4.74 Å². The lowest BCUT2D eigenvalue weighted by molar-refractivity contribution is -0.138. The Bertz CT molecular complexity index is 289. The van der Waals surface area contributed by atoms with Crippen LogP contribution in [0.5, 0.6) is 0 Å². The molecule has 0 aromatic rings. The van der Waals surface area contributed by atoms with E-state index in [1.165, 1.54) is 32.1 Å². The van der Waals surface area contributed by atoms with Crippen molar-refractivity contribution in [3.63, 3.8) is 0 Å². The van der Waals surface area contributed by atoms with Crippen molar-refractivity contribution in [2.75, 3.05) is 26.3 Å². The zero-order valence-electron chi connectivity index (χ0n) is 10.4. The summed E-state index contributed by atoms with van der Waals surface area (Å²) in [6.07, 6.45) is 6.39. The number of likely N-dealkylation sites (tertiary alicyclic amines) is 1. The number of morpholine rings is 1. The summed E-state index contributed by atoms with van der Waals surface area (Å²) in [6, 6.07) is 0.435. The van der Waals surface area contributed by atoms with Crippen LogP contribution in [0.1, 0.15) is 32.1 Å². The van der Waals surface area contributed by atoms with Gasteiger partial charge in [-0.2, -0.15) is 0 Å². The first-order valence-corrected chi connectivity index (χ1v) is 6.98. The van der Waals surface area contributed by atoms with Gasteiger partial charge in [0.25, 0.3) is 0 Å². The highest BCUT2D eigenvalue weighted by atomic mass is 16.5. The largest absolute Gasteiger partial charge is 0.378 e. The van der Waals surface area contributed by atoms with Crippen molar-refractivity contribution in [1.82, 2.24) is 10.2 Å². The fourth-order valence-corrected chi connectivity index (χ4v) is 3.60. The number of nitrogens with zero attached hydrogens (tertiary/aromatic N) is 1. The molecule has 3 unspecified atom stereocenters. The molecule has 0 aromatic carbocycles. The lowest BCUT2D eigenvalue weighted by atomic mass is 9.85. The maximum Gasteiger partial charge on any atom is 0.242 e. The summed E-state index contributed by atoms with van der Waals surface area (Å²) in [4.78, 5) is 14.6. The molecule has 96 valence electrons. The van der Waals surface area contributed by atoms with Crippen molar-refractivity contribution in [3.8, 4) is 0 Å². The molecular weight excluding hydrogens is 216 g/mol. The molecular formula is C13H22N2O2. The summed E-state index contributed by atoms with van der Waals surface area (Å²) in [6.45, 7) is 3.05. The standard InChI is InChI=1S/C13H22N2O2/c16-13(11-9-17-8-6-14-11)15-7-5-10-3-1-2-4-12(10)15/h10-12,14H,1-9H2. The second-order valence-electron chi connectivity index (χ2n) is 5.51. The highest BCUT2D eigenvalue weighted by Gasteiger charge is 2.40. The third-order valence-corrected chi connectivity index (χ3v) is 4.51. The average molecular weight is 238 g/mol. The van der Waals surface area contributed by atoms with Gasteiger partial charge >= 0.3 is 0 Å². The Hall–Kier alpha value is -0.610. The molecule has 4 nitrogen and oxygen atoms in total. The van der Waals surface area contributed by atoms with Crippen molar-refractivity contribution < 1.29 is 9.53 Å². The van der Waals surface area contributed by atoms with E-state index in [9.17, 15) is 4.79 Å². The number of carbonyl (C=O) groups is 1.